The van der Waals surface area contributed by atoms with Crippen LogP contribution in [0.15, 0.2) is 59.2 Å². The first-order valence-corrected chi connectivity index (χ1v) is 17.3. The fourth-order valence-corrected chi connectivity index (χ4v) is 8.20. The van der Waals surface area contributed by atoms with E-state index in [0.29, 0.717) is 25.0 Å². The van der Waals surface area contributed by atoms with Crippen molar-refractivity contribution in [3.05, 3.63) is 81.4 Å². The van der Waals surface area contributed by atoms with Gasteiger partial charge in [0.15, 0.2) is 0 Å². The summed E-state index contributed by atoms with van der Waals surface area (Å²) in [7, 11) is 0. The van der Waals surface area contributed by atoms with Crippen molar-refractivity contribution in [3.8, 4) is 5.75 Å². The molecule has 0 saturated carbocycles. The van der Waals surface area contributed by atoms with Gasteiger partial charge in [0.2, 0.25) is 11.8 Å². The van der Waals surface area contributed by atoms with Gasteiger partial charge in [-0.3, -0.25) is 19.4 Å². The normalized spacial score (nSPS) is 23.7. The van der Waals surface area contributed by atoms with Crippen LogP contribution in [0.1, 0.15) is 87.5 Å². The van der Waals surface area contributed by atoms with E-state index in [4.69, 9.17) is 0 Å². The summed E-state index contributed by atoms with van der Waals surface area (Å²) in [6, 6.07) is 14.2. The third-order valence-electron chi connectivity index (χ3n) is 10.6. The molecule has 2 heterocycles. The Morgan fingerprint density at radius 1 is 1.02 bits per heavy atom. The zero-order chi connectivity index (χ0) is 33.0. The van der Waals surface area contributed by atoms with Crippen molar-refractivity contribution >= 4 is 17.9 Å². The van der Waals surface area contributed by atoms with Crippen LogP contribution in [-0.4, -0.2) is 68.8 Å². The summed E-state index contributed by atoms with van der Waals surface area (Å²) in [5.74, 6) is -1.56. The van der Waals surface area contributed by atoms with Crippen LogP contribution in [0.25, 0.3) is 6.08 Å². The number of phenolic OH excluding ortho intramolecular Hbond substituents is 1. The number of aliphatic hydroxyl groups excluding tert-OH is 2. The van der Waals surface area contributed by atoms with Gasteiger partial charge in [0.05, 0.1) is 24.5 Å². The first-order chi connectivity index (χ1) is 22.2. The molecule has 2 amide bonds. The van der Waals surface area contributed by atoms with Crippen molar-refractivity contribution in [2.75, 3.05) is 19.7 Å². The predicted molar refractivity (Wildman–Crippen MR) is 182 cm³/mol. The molecule has 2 saturated heterocycles. The van der Waals surface area contributed by atoms with Crippen molar-refractivity contribution in [3.63, 3.8) is 0 Å². The van der Waals surface area contributed by atoms with Gasteiger partial charge in [-0.1, -0.05) is 67.8 Å². The van der Waals surface area contributed by atoms with Crippen molar-refractivity contribution in [1.29, 1.82) is 0 Å². The zero-order valence-corrected chi connectivity index (χ0v) is 28.0. The van der Waals surface area contributed by atoms with Gasteiger partial charge in [-0.05, 0) is 98.8 Å². The lowest BCUT2D eigenvalue weighted by Crippen LogP contribution is -2.47. The Bertz CT molecular complexity index is 1430. The molecule has 3 N–H and O–H groups in total. The number of hydrogen-bond acceptors (Lipinski definition) is 6. The minimum Gasteiger partial charge on any atom is -0.507 e. The molecule has 0 radical (unpaired) electrons. The van der Waals surface area contributed by atoms with Gasteiger partial charge >= 0.3 is 0 Å². The minimum atomic E-state index is -0.795. The van der Waals surface area contributed by atoms with E-state index in [0.717, 1.165) is 79.6 Å². The highest BCUT2D eigenvalue weighted by molar-refractivity contribution is 6.06. The van der Waals surface area contributed by atoms with E-state index < -0.39 is 23.9 Å². The Morgan fingerprint density at radius 3 is 2.30 bits per heavy atom. The Balaban J connectivity index is 1.30. The summed E-state index contributed by atoms with van der Waals surface area (Å²) in [5, 5.41) is 32.6. The van der Waals surface area contributed by atoms with Crippen LogP contribution in [0.5, 0.6) is 5.75 Å². The van der Waals surface area contributed by atoms with Crippen LogP contribution in [0, 0.1) is 31.6 Å². The molecule has 2 fully saturated rings. The molecule has 4 atom stereocenters. The number of aromatic hydroxyl groups is 1. The van der Waals surface area contributed by atoms with Crippen molar-refractivity contribution < 1.29 is 24.9 Å². The van der Waals surface area contributed by atoms with E-state index in [1.54, 1.807) is 4.90 Å². The molecule has 248 valence electrons. The van der Waals surface area contributed by atoms with Crippen molar-refractivity contribution in [2.24, 2.45) is 17.8 Å². The fourth-order valence-electron chi connectivity index (χ4n) is 8.20. The number of amides is 2. The Morgan fingerprint density at radius 2 is 1.70 bits per heavy atom. The van der Waals surface area contributed by atoms with Gasteiger partial charge in [0, 0.05) is 31.6 Å². The number of imide groups is 1. The molecule has 2 aromatic carbocycles. The standard InChI is InChI=1S/C39H52N2O5/c1-5-10-30-22-32-36(39(46)41(38(32)45)31-15-17-40(18-16-31)23-28-11-8-7-9-12-28)33(24-42)35(30)34(43)14-13-27(6-2)21-29-19-25(3)37(44)26(4)20-29/h7-9,11-12,19-21,31-34,36,42-44H,5-6,10,13-18,22-24H2,1-4H3/b27-21+/t32-,33+,34-,36-/m1/s1. The molecule has 46 heavy (non-hydrogen) atoms. The van der Waals surface area contributed by atoms with Crippen LogP contribution in [0.3, 0.4) is 0 Å². The molecular weight excluding hydrogens is 576 g/mol. The molecular formula is C39H52N2O5. The van der Waals surface area contributed by atoms with Gasteiger partial charge < -0.3 is 15.3 Å². The number of nitrogens with zero attached hydrogens (tertiary/aromatic N) is 2. The zero-order valence-electron chi connectivity index (χ0n) is 28.0. The number of likely N-dealkylation sites (tertiary alicyclic amines) is 2. The largest absolute Gasteiger partial charge is 0.507 e. The lowest BCUT2D eigenvalue weighted by molar-refractivity contribution is -0.144. The first kappa shape index (κ1) is 34.1. The topological polar surface area (TPSA) is 101 Å². The molecule has 7 heteroatoms. The fraction of sp³-hybridized carbons (Fsp3) is 0.538. The Labute approximate surface area is 274 Å². The molecule has 7 nitrogen and oxygen atoms in total. The summed E-state index contributed by atoms with van der Waals surface area (Å²) in [6.45, 7) is 10.2. The SMILES string of the molecule is CCCC1=C([C@H](O)CC/C(=C/c2cc(C)c(O)c(C)c2)CC)[C@H](CO)[C@@H]2C(=O)N(C3CCN(Cc4ccccc4)CC3)C(=O)[C@@H]2C1. The molecule has 2 aromatic rings. The minimum absolute atomic E-state index is 0.0900. The number of hydrogen-bond donors (Lipinski definition) is 3. The average Bonchev–Trinajstić information content (AvgIpc) is 3.30. The van der Waals surface area contributed by atoms with Gasteiger partial charge in [-0.25, -0.2) is 0 Å². The number of aliphatic hydroxyl groups is 2. The summed E-state index contributed by atoms with van der Waals surface area (Å²) in [4.78, 5) is 31.9. The molecule has 5 rings (SSSR count). The molecule has 1 aliphatic carbocycles. The van der Waals surface area contributed by atoms with Crippen LogP contribution in [0.4, 0.5) is 0 Å². The van der Waals surface area contributed by atoms with Crippen LogP contribution in [-0.2, 0) is 16.1 Å². The van der Waals surface area contributed by atoms with E-state index in [1.165, 1.54) is 11.1 Å². The van der Waals surface area contributed by atoms with E-state index in [9.17, 15) is 24.9 Å². The summed E-state index contributed by atoms with van der Waals surface area (Å²) in [6.07, 6.45) is 6.93. The van der Waals surface area contributed by atoms with Gasteiger partial charge in [-0.15, -0.1) is 0 Å². The number of fused-ring (bicyclic) bond motifs is 1. The quantitative estimate of drug-likeness (QED) is 0.188. The predicted octanol–water partition coefficient (Wildman–Crippen LogP) is 6.32. The van der Waals surface area contributed by atoms with Crippen molar-refractivity contribution in [1.82, 2.24) is 9.80 Å². The van der Waals surface area contributed by atoms with E-state index in [2.05, 4.69) is 37.0 Å². The third-order valence-corrected chi connectivity index (χ3v) is 10.6. The first-order valence-electron chi connectivity index (χ1n) is 17.3. The number of aryl methyl sites for hydroxylation is 2. The molecule has 0 aromatic heterocycles. The number of allylic oxidation sites excluding steroid dienone is 2. The van der Waals surface area contributed by atoms with Gasteiger partial charge in [0.1, 0.15) is 5.75 Å². The van der Waals surface area contributed by atoms with Crippen LogP contribution < -0.4 is 0 Å². The second-order valence-corrected chi connectivity index (χ2v) is 13.7. The van der Waals surface area contributed by atoms with Crippen LogP contribution >= 0.6 is 0 Å². The lowest BCUT2D eigenvalue weighted by Gasteiger charge is -2.37. The highest BCUT2D eigenvalue weighted by atomic mass is 16.3. The number of benzene rings is 2. The summed E-state index contributed by atoms with van der Waals surface area (Å²) < 4.78 is 0. The average molecular weight is 629 g/mol. The molecule has 3 aliphatic rings. The maximum Gasteiger partial charge on any atom is 0.234 e. The molecule has 0 unspecified atom stereocenters. The smallest absolute Gasteiger partial charge is 0.234 e. The number of carbonyl (C=O) groups is 2. The van der Waals surface area contributed by atoms with Crippen LogP contribution in [0.2, 0.25) is 0 Å². The maximum atomic E-state index is 14.1. The number of carbonyl (C=O) groups excluding carboxylic acids is 2. The molecule has 0 spiro atoms. The maximum absolute atomic E-state index is 14.1. The molecule has 2 aliphatic heterocycles. The van der Waals surface area contributed by atoms with Crippen molar-refractivity contribution in [2.45, 2.75) is 97.8 Å². The third kappa shape index (κ3) is 7.17. The highest BCUT2D eigenvalue weighted by Gasteiger charge is 2.56. The Hall–Kier alpha value is -3.26. The highest BCUT2D eigenvalue weighted by Crippen LogP contribution is 2.48. The van der Waals surface area contributed by atoms with E-state index >= 15 is 0 Å². The van der Waals surface area contributed by atoms with E-state index in [1.807, 2.05) is 44.2 Å². The van der Waals surface area contributed by atoms with Gasteiger partial charge in [0.25, 0.3) is 0 Å². The second-order valence-electron chi connectivity index (χ2n) is 13.7. The second kappa shape index (κ2) is 15.1. The van der Waals surface area contributed by atoms with E-state index in [-0.39, 0.29) is 24.5 Å². The number of rotatable bonds is 12. The lowest BCUT2D eigenvalue weighted by atomic mass is 9.67. The summed E-state index contributed by atoms with van der Waals surface area (Å²) >= 11 is 0. The Kier molecular flexibility index (Phi) is 11.2. The summed E-state index contributed by atoms with van der Waals surface area (Å²) in [5.41, 5.74) is 6.98. The molecule has 0 bridgehead atoms. The van der Waals surface area contributed by atoms with Gasteiger partial charge in [-0.2, -0.15) is 0 Å². The monoisotopic (exact) mass is 628 g/mol. The number of piperidine rings is 1. The number of phenols is 1.